The van der Waals surface area contributed by atoms with Crippen LogP contribution in [0.4, 0.5) is 0 Å². The summed E-state index contributed by atoms with van der Waals surface area (Å²) in [7, 11) is 3.51. The minimum Gasteiger partial charge on any atom is -0.497 e. The van der Waals surface area contributed by atoms with Crippen molar-refractivity contribution in [2.24, 2.45) is 4.99 Å². The third kappa shape index (κ3) is 4.48. The Kier molecular flexibility index (Phi) is 6.02. The fraction of sp³-hybridized carbons (Fsp3) is 0.333. The van der Waals surface area contributed by atoms with Crippen molar-refractivity contribution in [1.82, 2.24) is 15.2 Å². The summed E-state index contributed by atoms with van der Waals surface area (Å²) in [4.78, 5) is 11.2. The SMILES string of the molecule is CN=C(NCc1ncc(-c2ccc(C)cc2)o1)N1CCC(c2ccc(OC)cc2)C1. The first-order valence-electron chi connectivity index (χ1n) is 10.3. The molecule has 0 saturated carbocycles. The second kappa shape index (κ2) is 9.03. The lowest BCUT2D eigenvalue weighted by atomic mass is 9.98. The maximum Gasteiger partial charge on any atom is 0.214 e. The predicted octanol–water partition coefficient (Wildman–Crippen LogP) is 4.22. The highest BCUT2D eigenvalue weighted by molar-refractivity contribution is 5.80. The van der Waals surface area contributed by atoms with Crippen molar-refractivity contribution in [2.45, 2.75) is 25.8 Å². The second-order valence-corrected chi connectivity index (χ2v) is 7.59. The molecule has 156 valence electrons. The van der Waals surface area contributed by atoms with Gasteiger partial charge in [-0.2, -0.15) is 0 Å². The van der Waals surface area contributed by atoms with Gasteiger partial charge in [-0.15, -0.1) is 0 Å². The van der Waals surface area contributed by atoms with Crippen molar-refractivity contribution >= 4 is 5.96 Å². The molecule has 1 aliphatic rings. The first-order valence-corrected chi connectivity index (χ1v) is 10.3. The minimum absolute atomic E-state index is 0.490. The van der Waals surface area contributed by atoms with E-state index in [0.29, 0.717) is 18.4 Å². The molecule has 6 heteroatoms. The summed E-state index contributed by atoms with van der Waals surface area (Å²) in [5.41, 5.74) is 3.59. The molecular weight excluding hydrogens is 376 g/mol. The first kappa shape index (κ1) is 20.0. The summed E-state index contributed by atoms with van der Waals surface area (Å²) in [6.45, 7) is 4.48. The Balaban J connectivity index is 1.34. The van der Waals surface area contributed by atoms with Gasteiger partial charge in [0.05, 0.1) is 19.9 Å². The number of methoxy groups -OCH3 is 1. The zero-order valence-electron chi connectivity index (χ0n) is 17.8. The van der Waals surface area contributed by atoms with Crippen molar-refractivity contribution < 1.29 is 9.15 Å². The highest BCUT2D eigenvalue weighted by atomic mass is 16.5. The number of nitrogens with one attached hydrogen (secondary N) is 1. The number of guanidine groups is 1. The standard InChI is InChI=1S/C24H28N4O2/c1-17-4-6-19(7-5-17)22-14-26-23(30-22)15-27-24(25-2)28-13-12-20(16-28)18-8-10-21(29-3)11-9-18/h4-11,14,20H,12-13,15-16H2,1-3H3,(H,25,27). The van der Waals surface area contributed by atoms with Crippen LogP contribution in [0.1, 0.15) is 29.4 Å². The van der Waals surface area contributed by atoms with Crippen molar-refractivity contribution in [3.8, 4) is 17.1 Å². The van der Waals surface area contributed by atoms with E-state index in [1.807, 2.05) is 19.2 Å². The fourth-order valence-electron chi connectivity index (χ4n) is 3.83. The van der Waals surface area contributed by atoms with Crippen LogP contribution >= 0.6 is 0 Å². The molecule has 1 atom stereocenters. The second-order valence-electron chi connectivity index (χ2n) is 7.59. The van der Waals surface area contributed by atoms with Crippen LogP contribution in [0.3, 0.4) is 0 Å². The van der Waals surface area contributed by atoms with Crippen LogP contribution < -0.4 is 10.1 Å². The molecule has 6 nitrogen and oxygen atoms in total. The quantitative estimate of drug-likeness (QED) is 0.509. The average Bonchev–Trinajstić information content (AvgIpc) is 3.45. The summed E-state index contributed by atoms with van der Waals surface area (Å²) >= 11 is 0. The maximum atomic E-state index is 5.92. The van der Waals surface area contributed by atoms with Gasteiger partial charge in [0.25, 0.3) is 0 Å². The van der Waals surface area contributed by atoms with Crippen LogP contribution in [0.15, 0.2) is 64.1 Å². The molecule has 4 rings (SSSR count). The molecule has 30 heavy (non-hydrogen) atoms. The van der Waals surface area contributed by atoms with Gasteiger partial charge in [-0.1, -0.05) is 42.0 Å². The van der Waals surface area contributed by atoms with Crippen molar-refractivity contribution in [3.05, 3.63) is 71.7 Å². The summed E-state index contributed by atoms with van der Waals surface area (Å²) < 4.78 is 11.2. The molecular formula is C24H28N4O2. The van der Waals surface area contributed by atoms with E-state index in [1.165, 1.54) is 11.1 Å². The number of aliphatic imine (C=N–C) groups is 1. The number of aromatic nitrogens is 1. The number of aryl methyl sites for hydroxylation is 1. The number of oxazole rings is 1. The molecule has 2 aromatic carbocycles. The Morgan fingerprint density at radius 3 is 2.67 bits per heavy atom. The van der Waals surface area contributed by atoms with Gasteiger partial charge in [0.15, 0.2) is 11.7 Å². The van der Waals surface area contributed by atoms with E-state index in [0.717, 1.165) is 42.5 Å². The highest BCUT2D eigenvalue weighted by Gasteiger charge is 2.26. The van der Waals surface area contributed by atoms with Crippen LogP contribution in [0.5, 0.6) is 5.75 Å². The zero-order chi connectivity index (χ0) is 20.9. The van der Waals surface area contributed by atoms with Gasteiger partial charge in [-0.3, -0.25) is 4.99 Å². The van der Waals surface area contributed by atoms with Gasteiger partial charge in [0.2, 0.25) is 5.89 Å². The van der Waals surface area contributed by atoms with Crippen molar-refractivity contribution in [3.63, 3.8) is 0 Å². The Labute approximate surface area is 177 Å². The van der Waals surface area contributed by atoms with E-state index in [2.05, 4.69) is 63.5 Å². The molecule has 1 unspecified atom stereocenters. The molecule has 1 aliphatic heterocycles. The van der Waals surface area contributed by atoms with E-state index >= 15 is 0 Å². The van der Waals surface area contributed by atoms with Crippen LogP contribution in [-0.2, 0) is 6.54 Å². The van der Waals surface area contributed by atoms with Crippen LogP contribution in [0.2, 0.25) is 0 Å². The normalized spacial score (nSPS) is 16.7. The maximum absolute atomic E-state index is 5.92. The number of likely N-dealkylation sites (tertiary alicyclic amines) is 1. The molecule has 1 N–H and O–H groups in total. The van der Waals surface area contributed by atoms with Crippen LogP contribution in [-0.4, -0.2) is 43.1 Å². The minimum atomic E-state index is 0.490. The van der Waals surface area contributed by atoms with E-state index in [-0.39, 0.29) is 0 Å². The Bertz CT molecular complexity index is 993. The largest absolute Gasteiger partial charge is 0.497 e. The molecule has 0 spiro atoms. The number of benzene rings is 2. The third-order valence-electron chi connectivity index (χ3n) is 5.57. The molecule has 3 aromatic rings. The average molecular weight is 405 g/mol. The molecule has 0 amide bonds. The van der Waals surface area contributed by atoms with Crippen LogP contribution in [0, 0.1) is 6.92 Å². The van der Waals surface area contributed by atoms with Gasteiger partial charge in [-0.25, -0.2) is 4.98 Å². The fourth-order valence-corrected chi connectivity index (χ4v) is 3.83. The summed E-state index contributed by atoms with van der Waals surface area (Å²) in [5, 5.41) is 3.39. The van der Waals surface area contributed by atoms with E-state index in [4.69, 9.17) is 9.15 Å². The van der Waals surface area contributed by atoms with E-state index < -0.39 is 0 Å². The van der Waals surface area contributed by atoms with Gasteiger partial charge < -0.3 is 19.4 Å². The molecule has 1 saturated heterocycles. The Morgan fingerprint density at radius 2 is 1.97 bits per heavy atom. The highest BCUT2D eigenvalue weighted by Crippen LogP contribution is 2.28. The zero-order valence-corrected chi connectivity index (χ0v) is 17.8. The van der Waals surface area contributed by atoms with Gasteiger partial charge in [-0.05, 0) is 31.0 Å². The van der Waals surface area contributed by atoms with E-state index in [1.54, 1.807) is 13.3 Å². The number of ether oxygens (including phenoxy) is 1. The lowest BCUT2D eigenvalue weighted by Gasteiger charge is -2.21. The summed E-state index contributed by atoms with van der Waals surface area (Å²) in [6, 6.07) is 16.6. The van der Waals surface area contributed by atoms with Crippen molar-refractivity contribution in [2.75, 3.05) is 27.2 Å². The van der Waals surface area contributed by atoms with Crippen LogP contribution in [0.25, 0.3) is 11.3 Å². The summed E-state index contributed by atoms with van der Waals surface area (Å²) in [5.74, 6) is 3.69. The smallest absolute Gasteiger partial charge is 0.214 e. The van der Waals surface area contributed by atoms with Gasteiger partial charge >= 0.3 is 0 Å². The number of hydrogen-bond donors (Lipinski definition) is 1. The third-order valence-corrected chi connectivity index (χ3v) is 5.57. The lowest BCUT2D eigenvalue weighted by molar-refractivity contribution is 0.414. The molecule has 1 aromatic heterocycles. The lowest BCUT2D eigenvalue weighted by Crippen LogP contribution is -2.39. The number of hydrogen-bond acceptors (Lipinski definition) is 4. The topological polar surface area (TPSA) is 62.9 Å². The predicted molar refractivity (Wildman–Crippen MR) is 119 cm³/mol. The number of rotatable bonds is 5. The van der Waals surface area contributed by atoms with E-state index in [9.17, 15) is 0 Å². The first-order chi connectivity index (χ1) is 14.7. The molecule has 1 fully saturated rings. The molecule has 2 heterocycles. The Morgan fingerprint density at radius 1 is 1.20 bits per heavy atom. The Hall–Kier alpha value is -3.28. The molecule has 0 radical (unpaired) electrons. The van der Waals surface area contributed by atoms with Crippen molar-refractivity contribution in [1.29, 1.82) is 0 Å². The van der Waals surface area contributed by atoms with Gasteiger partial charge in [0.1, 0.15) is 5.75 Å². The monoisotopic (exact) mass is 404 g/mol. The summed E-state index contributed by atoms with van der Waals surface area (Å²) in [6.07, 6.45) is 2.88. The molecule has 0 aliphatic carbocycles. The number of nitrogens with zero attached hydrogens (tertiary/aromatic N) is 3. The molecule has 0 bridgehead atoms. The van der Waals surface area contributed by atoms with Gasteiger partial charge in [0, 0.05) is 31.6 Å².